The van der Waals surface area contributed by atoms with Crippen molar-refractivity contribution in [2.24, 2.45) is 0 Å². The minimum absolute atomic E-state index is 0.0377. The lowest BCUT2D eigenvalue weighted by molar-refractivity contribution is 0.768. The van der Waals surface area contributed by atoms with E-state index in [4.69, 9.17) is 23.8 Å². The molecule has 0 aromatic heterocycles. The second kappa shape index (κ2) is 8.15. The maximum Gasteiger partial charge on any atom is 0.171 e. The first kappa shape index (κ1) is 17.5. The third-order valence-corrected chi connectivity index (χ3v) is 4.49. The second-order valence-electron chi connectivity index (χ2n) is 5.83. The van der Waals surface area contributed by atoms with Gasteiger partial charge < -0.3 is 10.6 Å². The summed E-state index contributed by atoms with van der Waals surface area (Å²) in [5, 5.41) is 7.75. The summed E-state index contributed by atoms with van der Waals surface area (Å²) in [7, 11) is 0. The van der Waals surface area contributed by atoms with Crippen molar-refractivity contribution in [2.45, 2.75) is 13.0 Å². The van der Waals surface area contributed by atoms with Gasteiger partial charge in [0.15, 0.2) is 5.11 Å². The van der Waals surface area contributed by atoms with Crippen molar-refractivity contribution in [3.63, 3.8) is 0 Å². The number of aryl methyl sites for hydroxylation is 1. The Labute approximate surface area is 158 Å². The van der Waals surface area contributed by atoms with Crippen LogP contribution in [-0.4, -0.2) is 5.11 Å². The first-order valence-corrected chi connectivity index (χ1v) is 8.85. The molecule has 0 saturated carbocycles. The quantitative estimate of drug-likeness (QED) is 0.577. The Hall–Kier alpha value is -2.36. The largest absolute Gasteiger partial charge is 0.352 e. The number of halogens is 1. The topological polar surface area (TPSA) is 24.1 Å². The van der Waals surface area contributed by atoms with Crippen LogP contribution in [0.3, 0.4) is 0 Å². The average Bonchev–Trinajstić information content (AvgIpc) is 2.63. The molecule has 0 bridgehead atoms. The van der Waals surface area contributed by atoms with Crippen molar-refractivity contribution in [3.8, 4) is 0 Å². The van der Waals surface area contributed by atoms with Gasteiger partial charge in [0.2, 0.25) is 0 Å². The Kier molecular flexibility index (Phi) is 5.69. The molecule has 25 heavy (non-hydrogen) atoms. The molecule has 2 N–H and O–H groups in total. The fraction of sp³-hybridized carbons (Fsp3) is 0.0952. The van der Waals surface area contributed by atoms with Gasteiger partial charge in [0.1, 0.15) is 0 Å². The minimum Gasteiger partial charge on any atom is -0.352 e. The van der Waals surface area contributed by atoms with E-state index in [2.05, 4.69) is 54.0 Å². The predicted molar refractivity (Wildman–Crippen MR) is 110 cm³/mol. The van der Waals surface area contributed by atoms with Gasteiger partial charge in [0, 0.05) is 0 Å². The Balaban J connectivity index is 1.84. The molecule has 4 heteroatoms. The van der Waals surface area contributed by atoms with Gasteiger partial charge in [-0.25, -0.2) is 0 Å². The first-order valence-electron chi connectivity index (χ1n) is 8.07. The minimum atomic E-state index is -0.0377. The van der Waals surface area contributed by atoms with E-state index in [0.717, 1.165) is 16.8 Å². The molecule has 0 saturated heterocycles. The molecule has 3 aromatic carbocycles. The number of hydrogen-bond donors (Lipinski definition) is 2. The smallest absolute Gasteiger partial charge is 0.171 e. The monoisotopic (exact) mass is 366 g/mol. The van der Waals surface area contributed by atoms with Crippen molar-refractivity contribution in [3.05, 3.63) is 101 Å². The number of rotatable bonds is 4. The molecule has 0 aliphatic heterocycles. The molecule has 3 aromatic rings. The van der Waals surface area contributed by atoms with Crippen LogP contribution in [-0.2, 0) is 0 Å². The summed E-state index contributed by atoms with van der Waals surface area (Å²) >= 11 is 11.7. The van der Waals surface area contributed by atoms with Gasteiger partial charge in [-0.3, -0.25) is 0 Å². The number of benzene rings is 3. The first-order chi connectivity index (χ1) is 12.1. The standard InChI is InChI=1S/C21H19ClN2S/c1-15-11-13-17(14-12-15)20(16-7-3-2-4-8-16)24-21(25)23-19-10-6-5-9-18(19)22/h2-14,20H,1H3,(H2,23,24,25). The van der Waals surface area contributed by atoms with Gasteiger partial charge in [-0.1, -0.05) is 83.9 Å². The lowest BCUT2D eigenvalue weighted by atomic mass is 9.98. The fourth-order valence-corrected chi connectivity index (χ4v) is 3.03. The Morgan fingerprint density at radius 1 is 0.840 bits per heavy atom. The summed E-state index contributed by atoms with van der Waals surface area (Å²) in [4.78, 5) is 0. The third kappa shape index (κ3) is 4.59. The van der Waals surface area contributed by atoms with E-state index in [0.29, 0.717) is 10.1 Å². The zero-order chi connectivity index (χ0) is 17.6. The van der Waals surface area contributed by atoms with Crippen LogP contribution in [0, 0.1) is 6.92 Å². The normalized spacial score (nSPS) is 11.6. The van der Waals surface area contributed by atoms with Gasteiger partial charge >= 0.3 is 0 Å². The Morgan fingerprint density at radius 3 is 2.12 bits per heavy atom. The van der Waals surface area contributed by atoms with Crippen molar-refractivity contribution in [2.75, 3.05) is 5.32 Å². The summed E-state index contributed by atoms with van der Waals surface area (Å²) < 4.78 is 0. The molecule has 0 heterocycles. The van der Waals surface area contributed by atoms with Crippen molar-refractivity contribution >= 4 is 34.6 Å². The van der Waals surface area contributed by atoms with Crippen LogP contribution in [0.4, 0.5) is 5.69 Å². The predicted octanol–water partition coefficient (Wildman–Crippen LogP) is 5.72. The summed E-state index contributed by atoms with van der Waals surface area (Å²) in [6, 6.07) is 26.2. The highest BCUT2D eigenvalue weighted by atomic mass is 35.5. The maximum absolute atomic E-state index is 6.21. The fourth-order valence-electron chi connectivity index (χ4n) is 2.62. The molecular formula is C21H19ClN2S. The highest BCUT2D eigenvalue weighted by Crippen LogP contribution is 2.24. The number of hydrogen-bond acceptors (Lipinski definition) is 1. The van der Waals surface area contributed by atoms with Gasteiger partial charge in [-0.2, -0.15) is 0 Å². The van der Waals surface area contributed by atoms with Crippen molar-refractivity contribution in [1.82, 2.24) is 5.32 Å². The molecule has 0 aliphatic rings. The molecule has 0 radical (unpaired) electrons. The molecule has 1 atom stereocenters. The Bertz CT molecular complexity index is 847. The van der Waals surface area contributed by atoms with Crippen LogP contribution in [0.5, 0.6) is 0 Å². The van der Waals surface area contributed by atoms with Crippen LogP contribution >= 0.6 is 23.8 Å². The molecule has 0 aliphatic carbocycles. The molecule has 0 spiro atoms. The van der Waals surface area contributed by atoms with Crippen LogP contribution in [0.15, 0.2) is 78.9 Å². The SMILES string of the molecule is Cc1ccc(C(NC(=S)Nc2ccccc2Cl)c2ccccc2)cc1. The number of anilines is 1. The molecular weight excluding hydrogens is 348 g/mol. The third-order valence-electron chi connectivity index (χ3n) is 3.94. The molecule has 3 rings (SSSR count). The van der Waals surface area contributed by atoms with E-state index >= 15 is 0 Å². The molecule has 0 fully saturated rings. The van der Waals surface area contributed by atoms with E-state index in [-0.39, 0.29) is 6.04 Å². The van der Waals surface area contributed by atoms with Crippen LogP contribution in [0.2, 0.25) is 5.02 Å². The zero-order valence-electron chi connectivity index (χ0n) is 13.9. The number of para-hydroxylation sites is 1. The Morgan fingerprint density at radius 2 is 1.44 bits per heavy atom. The second-order valence-corrected chi connectivity index (χ2v) is 6.65. The maximum atomic E-state index is 6.21. The van der Waals surface area contributed by atoms with Crippen molar-refractivity contribution in [1.29, 1.82) is 0 Å². The van der Waals surface area contributed by atoms with Crippen LogP contribution < -0.4 is 10.6 Å². The molecule has 1 unspecified atom stereocenters. The van der Waals surface area contributed by atoms with Gasteiger partial charge in [0.25, 0.3) is 0 Å². The van der Waals surface area contributed by atoms with Gasteiger partial charge in [0.05, 0.1) is 16.8 Å². The summed E-state index contributed by atoms with van der Waals surface area (Å²) in [5.41, 5.74) is 4.32. The number of thiocarbonyl (C=S) groups is 1. The summed E-state index contributed by atoms with van der Waals surface area (Å²) in [6.45, 7) is 2.08. The average molecular weight is 367 g/mol. The van der Waals surface area contributed by atoms with E-state index in [1.807, 2.05) is 42.5 Å². The molecule has 2 nitrogen and oxygen atoms in total. The van der Waals surface area contributed by atoms with E-state index < -0.39 is 0 Å². The van der Waals surface area contributed by atoms with Gasteiger partial charge in [-0.05, 0) is 42.4 Å². The van der Waals surface area contributed by atoms with Crippen LogP contribution in [0.1, 0.15) is 22.7 Å². The highest BCUT2D eigenvalue weighted by molar-refractivity contribution is 7.80. The van der Waals surface area contributed by atoms with E-state index in [9.17, 15) is 0 Å². The van der Waals surface area contributed by atoms with Crippen LogP contribution in [0.25, 0.3) is 0 Å². The summed E-state index contributed by atoms with van der Waals surface area (Å²) in [6.07, 6.45) is 0. The zero-order valence-corrected chi connectivity index (χ0v) is 15.4. The van der Waals surface area contributed by atoms with E-state index in [1.165, 1.54) is 5.56 Å². The number of nitrogens with one attached hydrogen (secondary N) is 2. The lowest BCUT2D eigenvalue weighted by Gasteiger charge is -2.22. The molecule has 0 amide bonds. The molecule has 126 valence electrons. The van der Waals surface area contributed by atoms with E-state index in [1.54, 1.807) is 0 Å². The van der Waals surface area contributed by atoms with Crippen molar-refractivity contribution < 1.29 is 0 Å². The summed E-state index contributed by atoms with van der Waals surface area (Å²) in [5.74, 6) is 0. The lowest BCUT2D eigenvalue weighted by Crippen LogP contribution is -2.33. The van der Waals surface area contributed by atoms with Gasteiger partial charge in [-0.15, -0.1) is 0 Å². The highest BCUT2D eigenvalue weighted by Gasteiger charge is 2.15.